The van der Waals surface area contributed by atoms with Gasteiger partial charge < -0.3 is 9.64 Å². The molecule has 8 heteroatoms. The molecule has 0 saturated carbocycles. The van der Waals surface area contributed by atoms with Crippen LogP contribution in [-0.4, -0.2) is 35.8 Å². The summed E-state index contributed by atoms with van der Waals surface area (Å²) in [7, 11) is 5.43. The van der Waals surface area contributed by atoms with Crippen molar-refractivity contribution in [1.29, 1.82) is 10.5 Å². The molecule has 0 fully saturated rings. The average Bonchev–Trinajstić information content (AvgIpc) is 3.25. The van der Waals surface area contributed by atoms with E-state index in [1.165, 1.54) is 0 Å². The lowest BCUT2D eigenvalue weighted by molar-refractivity contribution is 0.415. The molecule has 4 rings (SSSR count). The Balaban J connectivity index is 1.97. The van der Waals surface area contributed by atoms with Gasteiger partial charge in [0.05, 0.1) is 7.11 Å². The lowest BCUT2D eigenvalue weighted by Crippen LogP contribution is -2.20. The zero-order valence-corrected chi connectivity index (χ0v) is 17.2. The first kappa shape index (κ1) is 19.7. The number of aromatic nitrogens is 3. The van der Waals surface area contributed by atoms with Crippen LogP contribution in [0, 0.1) is 22.7 Å². The Morgan fingerprint density at radius 2 is 1.58 bits per heavy atom. The van der Waals surface area contributed by atoms with Crippen LogP contribution in [0.25, 0.3) is 28.2 Å². The van der Waals surface area contributed by atoms with Crippen LogP contribution in [-0.2, 0) is 0 Å². The average molecular weight is 410 g/mol. The van der Waals surface area contributed by atoms with Gasteiger partial charge in [-0.1, -0.05) is 12.1 Å². The van der Waals surface area contributed by atoms with Crippen LogP contribution in [0.5, 0.6) is 5.75 Å². The van der Waals surface area contributed by atoms with Crippen molar-refractivity contribution in [2.45, 2.75) is 0 Å². The fraction of sp³-hybridized carbons (Fsp3) is 0.130. The SMILES string of the molecule is COc1ccc(-c2c(C#N)c(=O)n3[nH]c(-c4ccc(N(C)C)cc4)nc3c2C#N)cc1. The molecule has 152 valence electrons. The first-order chi connectivity index (χ1) is 15.0. The van der Waals surface area contributed by atoms with E-state index in [2.05, 4.69) is 16.2 Å². The minimum atomic E-state index is -0.564. The van der Waals surface area contributed by atoms with E-state index in [1.807, 2.05) is 49.3 Å². The Labute approximate surface area is 178 Å². The number of nitriles is 2. The molecule has 0 saturated heterocycles. The highest BCUT2D eigenvalue weighted by atomic mass is 16.5. The number of rotatable bonds is 4. The predicted molar refractivity (Wildman–Crippen MR) is 117 cm³/mol. The van der Waals surface area contributed by atoms with Crippen molar-refractivity contribution in [2.75, 3.05) is 26.1 Å². The third-order valence-electron chi connectivity index (χ3n) is 5.05. The number of aromatic amines is 1. The standard InChI is InChI=1S/C23H18N6O2/c1-28(2)16-8-4-15(5-9-16)21-26-22-18(12-24)20(14-6-10-17(31-3)11-7-14)19(13-25)23(30)29(22)27-21/h4-11H,1-3H3,(H,26,27). The van der Waals surface area contributed by atoms with Gasteiger partial charge in [0, 0.05) is 30.9 Å². The van der Waals surface area contributed by atoms with Crippen LogP contribution in [0.4, 0.5) is 5.69 Å². The van der Waals surface area contributed by atoms with Crippen molar-refractivity contribution >= 4 is 11.3 Å². The summed E-state index contributed by atoms with van der Waals surface area (Å²) >= 11 is 0. The first-order valence-corrected chi connectivity index (χ1v) is 9.39. The highest BCUT2D eigenvalue weighted by Crippen LogP contribution is 2.30. The number of methoxy groups -OCH3 is 1. The summed E-state index contributed by atoms with van der Waals surface area (Å²) in [5, 5.41) is 22.6. The fourth-order valence-corrected chi connectivity index (χ4v) is 3.41. The molecule has 0 radical (unpaired) electrons. The molecule has 0 atom stereocenters. The summed E-state index contributed by atoms with van der Waals surface area (Å²) in [4.78, 5) is 19.6. The van der Waals surface area contributed by atoms with Crippen molar-refractivity contribution < 1.29 is 4.74 Å². The third kappa shape index (κ3) is 3.26. The number of nitrogens with zero attached hydrogens (tertiary/aromatic N) is 5. The van der Waals surface area contributed by atoms with Gasteiger partial charge in [-0.15, -0.1) is 0 Å². The molecule has 0 amide bonds. The Morgan fingerprint density at radius 3 is 2.13 bits per heavy atom. The maximum Gasteiger partial charge on any atom is 0.289 e. The Kier molecular flexibility index (Phi) is 4.90. The van der Waals surface area contributed by atoms with Gasteiger partial charge in [-0.25, -0.2) is 4.98 Å². The molecule has 0 unspecified atom stereocenters. The van der Waals surface area contributed by atoms with E-state index in [0.29, 0.717) is 17.1 Å². The van der Waals surface area contributed by atoms with Crippen LogP contribution < -0.4 is 15.2 Å². The van der Waals surface area contributed by atoms with E-state index in [0.717, 1.165) is 15.8 Å². The zero-order chi connectivity index (χ0) is 22.1. The van der Waals surface area contributed by atoms with E-state index < -0.39 is 5.56 Å². The van der Waals surface area contributed by atoms with Gasteiger partial charge in [0.25, 0.3) is 5.56 Å². The molecular formula is C23H18N6O2. The number of hydrogen-bond donors (Lipinski definition) is 1. The van der Waals surface area contributed by atoms with Gasteiger partial charge in [0.15, 0.2) is 11.5 Å². The van der Waals surface area contributed by atoms with Crippen LogP contribution in [0.2, 0.25) is 0 Å². The number of benzene rings is 2. The lowest BCUT2D eigenvalue weighted by Gasteiger charge is -2.11. The van der Waals surface area contributed by atoms with Gasteiger partial charge in [0.1, 0.15) is 29.0 Å². The number of hydrogen-bond acceptors (Lipinski definition) is 6. The van der Waals surface area contributed by atoms with Crippen molar-refractivity contribution in [3.05, 3.63) is 70.0 Å². The summed E-state index contributed by atoms with van der Waals surface area (Å²) in [6.45, 7) is 0. The summed E-state index contributed by atoms with van der Waals surface area (Å²) in [6.07, 6.45) is 0. The Bertz CT molecular complexity index is 1420. The van der Waals surface area contributed by atoms with Gasteiger partial charge in [-0.3, -0.25) is 9.89 Å². The number of nitrogens with one attached hydrogen (secondary N) is 1. The van der Waals surface area contributed by atoms with E-state index in [4.69, 9.17) is 4.74 Å². The molecule has 0 aliphatic carbocycles. The topological polar surface area (TPSA) is 110 Å². The number of fused-ring (bicyclic) bond motifs is 1. The number of ether oxygens (including phenoxy) is 1. The molecule has 2 heterocycles. The maximum atomic E-state index is 13.1. The molecular weight excluding hydrogens is 392 g/mol. The van der Waals surface area contributed by atoms with Gasteiger partial charge in [-0.05, 0) is 42.0 Å². The monoisotopic (exact) mass is 410 g/mol. The predicted octanol–water partition coefficient (Wildman–Crippen LogP) is 3.17. The van der Waals surface area contributed by atoms with Crippen LogP contribution >= 0.6 is 0 Å². The minimum Gasteiger partial charge on any atom is -0.497 e. The molecule has 8 nitrogen and oxygen atoms in total. The smallest absolute Gasteiger partial charge is 0.289 e. The zero-order valence-electron chi connectivity index (χ0n) is 17.2. The molecule has 2 aromatic heterocycles. The van der Waals surface area contributed by atoms with Gasteiger partial charge in [0.2, 0.25) is 0 Å². The number of H-pyrrole nitrogens is 1. The van der Waals surface area contributed by atoms with E-state index in [-0.39, 0.29) is 22.3 Å². The third-order valence-corrected chi connectivity index (χ3v) is 5.05. The van der Waals surface area contributed by atoms with Crippen molar-refractivity contribution in [2.24, 2.45) is 0 Å². The van der Waals surface area contributed by atoms with E-state index >= 15 is 0 Å². The second-order valence-electron chi connectivity index (χ2n) is 7.05. The summed E-state index contributed by atoms with van der Waals surface area (Å²) in [5.74, 6) is 1.05. The molecule has 1 N–H and O–H groups in total. The Hall–Kier alpha value is -4.56. The first-order valence-electron chi connectivity index (χ1n) is 9.39. The van der Waals surface area contributed by atoms with Gasteiger partial charge >= 0.3 is 0 Å². The maximum absolute atomic E-state index is 13.1. The molecule has 0 bridgehead atoms. The van der Waals surface area contributed by atoms with E-state index in [9.17, 15) is 15.3 Å². The molecule has 2 aromatic carbocycles. The lowest BCUT2D eigenvalue weighted by atomic mass is 9.97. The minimum absolute atomic E-state index is 0.127. The normalized spacial score (nSPS) is 10.5. The summed E-state index contributed by atoms with van der Waals surface area (Å²) < 4.78 is 6.32. The molecule has 0 spiro atoms. The van der Waals surface area contributed by atoms with Crippen molar-refractivity contribution in [3.8, 4) is 40.4 Å². The molecule has 0 aliphatic heterocycles. The number of anilines is 1. The van der Waals surface area contributed by atoms with Crippen LogP contribution in [0.1, 0.15) is 11.1 Å². The highest BCUT2D eigenvalue weighted by molar-refractivity contribution is 5.82. The second-order valence-corrected chi connectivity index (χ2v) is 7.05. The fourth-order valence-electron chi connectivity index (χ4n) is 3.41. The molecule has 31 heavy (non-hydrogen) atoms. The van der Waals surface area contributed by atoms with Gasteiger partial charge in [-0.2, -0.15) is 15.0 Å². The highest BCUT2D eigenvalue weighted by Gasteiger charge is 2.22. The van der Waals surface area contributed by atoms with Crippen LogP contribution in [0.15, 0.2) is 53.3 Å². The largest absolute Gasteiger partial charge is 0.497 e. The quantitative estimate of drug-likeness (QED) is 0.553. The second kappa shape index (κ2) is 7.69. The molecule has 0 aliphatic rings. The van der Waals surface area contributed by atoms with E-state index in [1.54, 1.807) is 31.4 Å². The van der Waals surface area contributed by atoms with Crippen molar-refractivity contribution in [1.82, 2.24) is 14.6 Å². The Morgan fingerprint density at radius 1 is 0.968 bits per heavy atom. The number of pyridine rings is 1. The van der Waals surface area contributed by atoms with Crippen LogP contribution in [0.3, 0.4) is 0 Å². The summed E-state index contributed by atoms with van der Waals surface area (Å²) in [5.41, 5.74) is 2.22. The summed E-state index contributed by atoms with van der Waals surface area (Å²) in [6, 6.07) is 18.5. The molecule has 4 aromatic rings. The van der Waals surface area contributed by atoms with Crippen molar-refractivity contribution in [3.63, 3.8) is 0 Å².